The van der Waals surface area contributed by atoms with Crippen LogP contribution in [0.4, 0.5) is 13.2 Å². The van der Waals surface area contributed by atoms with Crippen LogP contribution in [0.2, 0.25) is 25.7 Å². The second kappa shape index (κ2) is 11.6. The van der Waals surface area contributed by atoms with Crippen molar-refractivity contribution in [3.05, 3.63) is 59.4 Å². The molecule has 0 N–H and O–H groups in total. The van der Waals surface area contributed by atoms with E-state index in [9.17, 15) is 18.0 Å². The number of carbonyl (C=O) groups is 1. The third-order valence-electron chi connectivity index (χ3n) is 7.46. The van der Waals surface area contributed by atoms with Gasteiger partial charge in [-0.05, 0) is 11.6 Å². The fourth-order valence-corrected chi connectivity index (χ4v) is 5.75. The van der Waals surface area contributed by atoms with Gasteiger partial charge in [0, 0.05) is 51.5 Å². The third-order valence-corrected chi connectivity index (χ3v) is 9.16. The smallest absolute Gasteiger partial charge is 0.361 e. The van der Waals surface area contributed by atoms with E-state index in [0.29, 0.717) is 54.7 Å². The summed E-state index contributed by atoms with van der Waals surface area (Å²) in [4.78, 5) is 25.0. The summed E-state index contributed by atoms with van der Waals surface area (Å²) in [6, 6.07) is 8.88. The van der Waals surface area contributed by atoms with E-state index >= 15 is 0 Å². The maximum absolute atomic E-state index is 13.4. The minimum atomic E-state index is -4.51. The Bertz CT molecular complexity index is 1620. The molecule has 4 aromatic rings. The van der Waals surface area contributed by atoms with Gasteiger partial charge in [0.05, 0.1) is 24.0 Å². The number of benzene rings is 1. The summed E-state index contributed by atoms with van der Waals surface area (Å²) in [6.45, 7) is 15.0. The second-order valence-corrected chi connectivity index (χ2v) is 19.0. The Labute approximate surface area is 250 Å². The standard InChI is InChI=1S/C30H38F3N7O2Si/c1-29(2,3)26(41)22-17-39(19-42-13-14-43(4,5)6)27-25(22)35-23(15-34-27)21-9-7-20(8-10-21)16-38-11-12-40-24(18-38)36-37-28(40)30(31,32)33/h7-10,15,17H,11-14,16,18-19H2,1-6H3. The van der Waals surface area contributed by atoms with E-state index in [4.69, 9.17) is 14.7 Å². The molecule has 0 bridgehead atoms. The normalized spacial score (nSPS) is 14.8. The number of Topliss-reactive ketones (excluding diaryl/α,β-unsaturated/α-hetero) is 1. The van der Waals surface area contributed by atoms with Crippen LogP contribution in [0.1, 0.15) is 48.3 Å². The van der Waals surface area contributed by atoms with Crippen molar-refractivity contribution in [3.63, 3.8) is 0 Å². The van der Waals surface area contributed by atoms with E-state index < -0.39 is 25.5 Å². The van der Waals surface area contributed by atoms with Crippen LogP contribution in [0.25, 0.3) is 22.4 Å². The average molecular weight is 614 g/mol. The largest absolute Gasteiger partial charge is 0.451 e. The van der Waals surface area contributed by atoms with Gasteiger partial charge >= 0.3 is 6.18 Å². The van der Waals surface area contributed by atoms with Gasteiger partial charge in [0.2, 0.25) is 5.82 Å². The molecule has 0 radical (unpaired) electrons. The summed E-state index contributed by atoms with van der Waals surface area (Å²) < 4.78 is 48.5. The molecule has 0 amide bonds. The first-order valence-electron chi connectivity index (χ1n) is 14.4. The molecule has 13 heteroatoms. The maximum atomic E-state index is 13.4. The number of halogens is 3. The van der Waals surface area contributed by atoms with Crippen LogP contribution in [-0.2, 0) is 37.3 Å². The molecule has 0 unspecified atom stereocenters. The van der Waals surface area contributed by atoms with Crippen molar-refractivity contribution < 1.29 is 22.7 Å². The lowest BCUT2D eigenvalue weighted by atomic mass is 9.87. The number of hydrogen-bond donors (Lipinski definition) is 0. The number of rotatable bonds is 9. The Balaban J connectivity index is 1.34. The maximum Gasteiger partial charge on any atom is 0.451 e. The van der Waals surface area contributed by atoms with Crippen LogP contribution >= 0.6 is 0 Å². The molecule has 1 aliphatic heterocycles. The summed E-state index contributed by atoms with van der Waals surface area (Å²) in [5.41, 5.74) is 3.58. The van der Waals surface area contributed by atoms with Crippen molar-refractivity contribution >= 4 is 25.0 Å². The first-order valence-corrected chi connectivity index (χ1v) is 18.1. The zero-order chi connectivity index (χ0) is 31.2. The first-order chi connectivity index (χ1) is 20.1. The Morgan fingerprint density at radius 3 is 2.42 bits per heavy atom. The zero-order valence-electron chi connectivity index (χ0n) is 25.5. The molecule has 3 aromatic heterocycles. The minimum Gasteiger partial charge on any atom is -0.361 e. The Morgan fingerprint density at radius 1 is 1.05 bits per heavy atom. The highest BCUT2D eigenvalue weighted by molar-refractivity contribution is 6.76. The molecule has 0 aliphatic carbocycles. The molecule has 9 nitrogen and oxygen atoms in total. The van der Waals surface area contributed by atoms with Crippen molar-refractivity contribution in [3.8, 4) is 11.3 Å². The number of nitrogens with zero attached hydrogens (tertiary/aromatic N) is 7. The molecule has 0 saturated heterocycles. The van der Waals surface area contributed by atoms with Crippen molar-refractivity contribution in [1.29, 1.82) is 0 Å². The van der Waals surface area contributed by atoms with E-state index in [0.717, 1.165) is 21.7 Å². The Hall–Kier alpha value is -3.42. The lowest BCUT2D eigenvalue weighted by Gasteiger charge is -2.27. The van der Waals surface area contributed by atoms with Gasteiger partial charge in [-0.3, -0.25) is 9.69 Å². The van der Waals surface area contributed by atoms with Gasteiger partial charge in [-0.25, -0.2) is 9.97 Å². The molecule has 0 atom stereocenters. The number of carbonyl (C=O) groups excluding carboxylic acids is 1. The van der Waals surface area contributed by atoms with Crippen LogP contribution in [0, 0.1) is 5.41 Å². The summed E-state index contributed by atoms with van der Waals surface area (Å²) >= 11 is 0. The van der Waals surface area contributed by atoms with E-state index in [-0.39, 0.29) is 18.9 Å². The van der Waals surface area contributed by atoms with Crippen molar-refractivity contribution in [1.82, 2.24) is 34.2 Å². The highest BCUT2D eigenvalue weighted by atomic mass is 28.3. The van der Waals surface area contributed by atoms with Crippen LogP contribution < -0.4 is 0 Å². The molecule has 0 spiro atoms. The fraction of sp³-hybridized carbons (Fsp3) is 0.500. The molecule has 43 heavy (non-hydrogen) atoms. The van der Waals surface area contributed by atoms with Gasteiger partial charge in [0.15, 0.2) is 11.4 Å². The molecule has 4 heterocycles. The number of aromatic nitrogens is 6. The van der Waals surface area contributed by atoms with E-state index in [1.165, 1.54) is 0 Å². The number of hydrogen-bond acceptors (Lipinski definition) is 7. The minimum absolute atomic E-state index is 0.0140. The van der Waals surface area contributed by atoms with Gasteiger partial charge in [0.25, 0.3) is 0 Å². The number of ether oxygens (including phenoxy) is 1. The predicted molar refractivity (Wildman–Crippen MR) is 160 cm³/mol. The Kier molecular flexibility index (Phi) is 8.35. The highest BCUT2D eigenvalue weighted by Gasteiger charge is 2.39. The number of alkyl halides is 3. The predicted octanol–water partition coefficient (Wildman–Crippen LogP) is 6.27. The molecular weight excluding hydrogens is 575 g/mol. The quantitative estimate of drug-likeness (QED) is 0.125. The van der Waals surface area contributed by atoms with Crippen molar-refractivity contribution in [2.45, 2.75) is 79.0 Å². The van der Waals surface area contributed by atoms with Gasteiger partial charge in [-0.15, -0.1) is 10.2 Å². The lowest BCUT2D eigenvalue weighted by molar-refractivity contribution is -0.148. The second-order valence-electron chi connectivity index (χ2n) is 13.4. The number of ketones is 1. The molecule has 5 rings (SSSR count). The lowest BCUT2D eigenvalue weighted by Crippen LogP contribution is -2.34. The molecule has 1 aliphatic rings. The summed E-state index contributed by atoms with van der Waals surface area (Å²) in [5, 5.41) is 7.12. The van der Waals surface area contributed by atoms with E-state index in [1.54, 1.807) is 12.4 Å². The highest BCUT2D eigenvalue weighted by Crippen LogP contribution is 2.31. The van der Waals surface area contributed by atoms with Crippen LogP contribution in [0.3, 0.4) is 0 Å². The average Bonchev–Trinajstić information content (AvgIpc) is 3.51. The third kappa shape index (κ3) is 7.05. The van der Waals surface area contributed by atoms with E-state index in [1.807, 2.05) is 54.5 Å². The van der Waals surface area contributed by atoms with Crippen LogP contribution in [0.15, 0.2) is 36.7 Å². The SMILES string of the molecule is CC(C)(C)C(=O)c1cn(COCC[Si](C)(C)C)c2ncc(-c3ccc(CN4CCn5c(nnc5C(F)(F)F)C4)cc3)nc12. The van der Waals surface area contributed by atoms with Gasteiger partial charge in [-0.2, -0.15) is 13.2 Å². The molecule has 0 saturated carbocycles. The van der Waals surface area contributed by atoms with Gasteiger partial charge in [0.1, 0.15) is 18.1 Å². The number of fused-ring (bicyclic) bond motifs is 2. The first kappa shape index (κ1) is 31.0. The summed E-state index contributed by atoms with van der Waals surface area (Å²) in [7, 11) is -1.23. The van der Waals surface area contributed by atoms with Crippen molar-refractivity contribution in [2.75, 3.05) is 13.2 Å². The van der Waals surface area contributed by atoms with Crippen molar-refractivity contribution in [2.24, 2.45) is 5.41 Å². The van der Waals surface area contributed by atoms with Gasteiger partial charge in [-0.1, -0.05) is 64.7 Å². The summed E-state index contributed by atoms with van der Waals surface area (Å²) in [5.74, 6) is -0.644. The fourth-order valence-electron chi connectivity index (χ4n) is 4.99. The summed E-state index contributed by atoms with van der Waals surface area (Å²) in [6.07, 6.45) is -1.01. The molecule has 230 valence electrons. The Morgan fingerprint density at radius 2 is 1.77 bits per heavy atom. The topological polar surface area (TPSA) is 91.0 Å². The molecule has 0 fully saturated rings. The molecular formula is C30H38F3N7O2Si. The van der Waals surface area contributed by atoms with E-state index in [2.05, 4.69) is 29.8 Å². The van der Waals surface area contributed by atoms with Crippen LogP contribution in [0.5, 0.6) is 0 Å². The zero-order valence-corrected chi connectivity index (χ0v) is 26.5. The van der Waals surface area contributed by atoms with Crippen LogP contribution in [-0.4, -0.2) is 61.2 Å². The molecule has 1 aromatic carbocycles. The van der Waals surface area contributed by atoms with Gasteiger partial charge < -0.3 is 13.9 Å². The monoisotopic (exact) mass is 613 g/mol.